The highest BCUT2D eigenvalue weighted by Crippen LogP contribution is 2.10. The summed E-state index contributed by atoms with van der Waals surface area (Å²) < 4.78 is 1.38. The van der Waals surface area contributed by atoms with Crippen LogP contribution in [0.2, 0.25) is 0 Å². The number of nitrogens with zero attached hydrogens (tertiary/aromatic N) is 3. The Labute approximate surface area is 96.5 Å². The minimum Gasteiger partial charge on any atom is -0.478 e. The molecule has 0 amide bonds. The molecule has 0 bridgehead atoms. The fraction of sp³-hybridized carbons (Fsp3) is 0.0909. The molecule has 0 atom stereocenters. The lowest BCUT2D eigenvalue weighted by Gasteiger charge is -2.00. The quantitative estimate of drug-likeness (QED) is 0.799. The molecular weight excluding hydrogens is 222 g/mol. The second kappa shape index (κ2) is 4.17. The topological polar surface area (TPSA) is 85.1 Å². The summed E-state index contributed by atoms with van der Waals surface area (Å²) in [5, 5.41) is 12.9. The normalized spacial score (nSPS) is 10.2. The minimum atomic E-state index is -1.03. The minimum absolute atomic E-state index is 0.121. The Morgan fingerprint density at radius 2 is 2.29 bits per heavy atom. The Morgan fingerprint density at radius 3 is 2.88 bits per heavy atom. The summed E-state index contributed by atoms with van der Waals surface area (Å²) in [5.41, 5.74) is 1.14. The van der Waals surface area contributed by atoms with Crippen molar-refractivity contribution in [2.45, 2.75) is 6.92 Å². The SMILES string of the molecule is Cc1nn(-c2cc(C(=O)O)ccn2)cc1C=O. The number of carboxylic acid groups (broad SMARTS) is 1. The second-order valence-electron chi connectivity index (χ2n) is 3.44. The third kappa shape index (κ3) is 2.05. The molecule has 0 aliphatic carbocycles. The molecule has 2 aromatic heterocycles. The lowest BCUT2D eigenvalue weighted by Crippen LogP contribution is -2.02. The maximum atomic E-state index is 10.8. The number of aldehydes is 1. The molecule has 1 N–H and O–H groups in total. The monoisotopic (exact) mass is 231 g/mol. The molecule has 6 nitrogen and oxygen atoms in total. The van der Waals surface area contributed by atoms with Crippen LogP contribution in [0.3, 0.4) is 0 Å². The van der Waals surface area contributed by atoms with Crippen LogP contribution in [0, 0.1) is 6.92 Å². The van der Waals surface area contributed by atoms with Gasteiger partial charge in [-0.1, -0.05) is 0 Å². The molecule has 0 aromatic carbocycles. The molecule has 0 radical (unpaired) electrons. The van der Waals surface area contributed by atoms with E-state index in [9.17, 15) is 9.59 Å². The molecule has 0 unspecified atom stereocenters. The zero-order valence-corrected chi connectivity index (χ0v) is 8.99. The van der Waals surface area contributed by atoms with Gasteiger partial charge >= 0.3 is 5.97 Å². The number of hydrogen-bond acceptors (Lipinski definition) is 4. The second-order valence-corrected chi connectivity index (χ2v) is 3.44. The van der Waals surface area contributed by atoms with E-state index in [0.717, 1.165) is 0 Å². The molecule has 6 heteroatoms. The largest absolute Gasteiger partial charge is 0.478 e. The van der Waals surface area contributed by atoms with Crippen molar-refractivity contribution in [1.82, 2.24) is 14.8 Å². The van der Waals surface area contributed by atoms with E-state index in [1.165, 1.54) is 29.2 Å². The molecule has 2 rings (SSSR count). The van der Waals surface area contributed by atoms with E-state index in [-0.39, 0.29) is 5.56 Å². The number of aryl methyl sites for hydroxylation is 1. The first-order valence-corrected chi connectivity index (χ1v) is 4.83. The van der Waals surface area contributed by atoms with E-state index < -0.39 is 5.97 Å². The van der Waals surface area contributed by atoms with Gasteiger partial charge in [-0.05, 0) is 19.1 Å². The molecule has 0 saturated carbocycles. The van der Waals surface area contributed by atoms with E-state index in [0.29, 0.717) is 23.4 Å². The van der Waals surface area contributed by atoms with E-state index in [1.54, 1.807) is 6.92 Å². The first-order chi connectivity index (χ1) is 8.11. The van der Waals surface area contributed by atoms with Gasteiger partial charge in [0.25, 0.3) is 0 Å². The van der Waals surface area contributed by atoms with Crippen molar-refractivity contribution < 1.29 is 14.7 Å². The molecule has 0 aliphatic rings. The fourth-order valence-corrected chi connectivity index (χ4v) is 1.38. The van der Waals surface area contributed by atoms with Gasteiger partial charge in [-0.25, -0.2) is 14.5 Å². The molecule has 17 heavy (non-hydrogen) atoms. The van der Waals surface area contributed by atoms with E-state index in [2.05, 4.69) is 10.1 Å². The number of hydrogen-bond donors (Lipinski definition) is 1. The lowest BCUT2D eigenvalue weighted by molar-refractivity contribution is 0.0696. The highest BCUT2D eigenvalue weighted by atomic mass is 16.4. The highest BCUT2D eigenvalue weighted by molar-refractivity contribution is 5.87. The number of aromatic carboxylic acids is 1. The van der Waals surface area contributed by atoms with Crippen LogP contribution in [-0.4, -0.2) is 32.1 Å². The maximum Gasteiger partial charge on any atom is 0.335 e. The molecule has 2 aromatic rings. The van der Waals surface area contributed by atoms with Crippen LogP contribution in [0.5, 0.6) is 0 Å². The van der Waals surface area contributed by atoms with Crippen molar-refractivity contribution in [3.63, 3.8) is 0 Å². The summed E-state index contributed by atoms with van der Waals surface area (Å²) in [7, 11) is 0. The zero-order valence-electron chi connectivity index (χ0n) is 8.99. The summed E-state index contributed by atoms with van der Waals surface area (Å²) in [6, 6.07) is 2.78. The predicted molar refractivity (Wildman–Crippen MR) is 58.4 cm³/mol. The molecular formula is C11H9N3O3. The third-order valence-corrected chi connectivity index (χ3v) is 2.29. The molecule has 0 saturated heterocycles. The fourth-order valence-electron chi connectivity index (χ4n) is 1.38. The first kappa shape index (κ1) is 11.0. The predicted octanol–water partition coefficient (Wildman–Crippen LogP) is 1.09. The van der Waals surface area contributed by atoms with Gasteiger partial charge in [0.05, 0.1) is 16.8 Å². The van der Waals surface area contributed by atoms with Gasteiger partial charge in [-0.15, -0.1) is 0 Å². The van der Waals surface area contributed by atoms with Gasteiger partial charge in [0.15, 0.2) is 12.1 Å². The van der Waals surface area contributed by atoms with Crippen LogP contribution in [0.15, 0.2) is 24.5 Å². The summed E-state index contributed by atoms with van der Waals surface area (Å²) in [5.74, 6) is -0.672. The number of carbonyl (C=O) groups is 2. The van der Waals surface area contributed by atoms with Crippen molar-refractivity contribution in [3.05, 3.63) is 41.3 Å². The van der Waals surface area contributed by atoms with Crippen molar-refractivity contribution in [2.24, 2.45) is 0 Å². The van der Waals surface area contributed by atoms with Gasteiger partial charge in [-0.2, -0.15) is 5.10 Å². The highest BCUT2D eigenvalue weighted by Gasteiger charge is 2.09. The molecule has 0 aliphatic heterocycles. The van der Waals surface area contributed by atoms with Gasteiger partial charge in [0.2, 0.25) is 0 Å². The number of carbonyl (C=O) groups excluding carboxylic acids is 1. The Balaban J connectivity index is 2.48. The average molecular weight is 231 g/mol. The number of pyridine rings is 1. The average Bonchev–Trinajstić information content (AvgIpc) is 2.71. The zero-order chi connectivity index (χ0) is 12.4. The van der Waals surface area contributed by atoms with Crippen molar-refractivity contribution in [3.8, 4) is 5.82 Å². The number of rotatable bonds is 3. The standard InChI is InChI=1S/C11H9N3O3/c1-7-9(6-15)5-14(13-7)10-4-8(11(16)17)2-3-12-10/h2-6H,1H3,(H,16,17). The number of carboxylic acids is 1. The summed E-state index contributed by atoms with van der Waals surface area (Å²) in [6.07, 6.45) is 3.59. The van der Waals surface area contributed by atoms with Gasteiger partial charge in [-0.3, -0.25) is 4.79 Å². The van der Waals surface area contributed by atoms with E-state index in [4.69, 9.17) is 5.11 Å². The Kier molecular flexibility index (Phi) is 2.70. The van der Waals surface area contributed by atoms with Crippen molar-refractivity contribution >= 4 is 12.3 Å². The van der Waals surface area contributed by atoms with Crippen molar-refractivity contribution in [1.29, 1.82) is 0 Å². The Bertz CT molecular complexity index is 589. The van der Waals surface area contributed by atoms with Crippen LogP contribution in [0.4, 0.5) is 0 Å². The summed E-state index contributed by atoms with van der Waals surface area (Å²) in [6.45, 7) is 1.70. The van der Waals surface area contributed by atoms with E-state index in [1.807, 2.05) is 0 Å². The first-order valence-electron chi connectivity index (χ1n) is 4.83. The summed E-state index contributed by atoms with van der Waals surface area (Å²) in [4.78, 5) is 25.5. The van der Waals surface area contributed by atoms with Crippen LogP contribution in [0.25, 0.3) is 5.82 Å². The van der Waals surface area contributed by atoms with Gasteiger partial charge < -0.3 is 5.11 Å². The number of aromatic nitrogens is 3. The Morgan fingerprint density at radius 1 is 1.53 bits per heavy atom. The van der Waals surface area contributed by atoms with Crippen LogP contribution < -0.4 is 0 Å². The molecule has 0 spiro atoms. The maximum absolute atomic E-state index is 10.8. The third-order valence-electron chi connectivity index (χ3n) is 2.29. The van der Waals surface area contributed by atoms with Crippen LogP contribution in [-0.2, 0) is 0 Å². The molecule has 2 heterocycles. The van der Waals surface area contributed by atoms with Gasteiger partial charge in [0, 0.05) is 12.4 Å². The smallest absolute Gasteiger partial charge is 0.335 e. The van der Waals surface area contributed by atoms with Crippen molar-refractivity contribution in [2.75, 3.05) is 0 Å². The molecule has 0 fully saturated rings. The van der Waals surface area contributed by atoms with Crippen LogP contribution >= 0.6 is 0 Å². The van der Waals surface area contributed by atoms with Crippen LogP contribution in [0.1, 0.15) is 26.4 Å². The van der Waals surface area contributed by atoms with Gasteiger partial charge in [0.1, 0.15) is 0 Å². The summed E-state index contributed by atoms with van der Waals surface area (Å²) >= 11 is 0. The lowest BCUT2D eigenvalue weighted by atomic mass is 10.2. The Hall–Kier alpha value is -2.50. The van der Waals surface area contributed by atoms with E-state index >= 15 is 0 Å². The molecule has 86 valence electrons.